The summed E-state index contributed by atoms with van der Waals surface area (Å²) < 4.78 is 11.6. The van der Waals surface area contributed by atoms with Gasteiger partial charge in [0, 0.05) is 42.9 Å². The highest BCUT2D eigenvalue weighted by Crippen LogP contribution is 2.39. The summed E-state index contributed by atoms with van der Waals surface area (Å²) in [6.45, 7) is 1.67. The van der Waals surface area contributed by atoms with Crippen molar-refractivity contribution in [2.75, 3.05) is 26.9 Å². The van der Waals surface area contributed by atoms with E-state index in [1.54, 1.807) is 19.2 Å². The molecule has 0 atom stereocenters. The predicted molar refractivity (Wildman–Crippen MR) is 92.5 cm³/mol. The fourth-order valence-electron chi connectivity index (χ4n) is 3.33. The van der Waals surface area contributed by atoms with E-state index < -0.39 is 0 Å². The fraction of sp³-hybridized carbons (Fsp3) is 0.368. The molecule has 1 saturated heterocycles. The van der Waals surface area contributed by atoms with Crippen molar-refractivity contribution in [1.82, 2.24) is 5.32 Å². The van der Waals surface area contributed by atoms with Crippen LogP contribution in [0, 0.1) is 5.21 Å². The van der Waals surface area contributed by atoms with Crippen LogP contribution in [0.1, 0.15) is 28.9 Å². The number of benzene rings is 1. The van der Waals surface area contributed by atoms with E-state index in [2.05, 4.69) is 5.32 Å². The Bertz CT molecular complexity index is 742. The van der Waals surface area contributed by atoms with Gasteiger partial charge in [0.15, 0.2) is 6.20 Å². The monoisotopic (exact) mass is 342 g/mol. The van der Waals surface area contributed by atoms with E-state index in [0.29, 0.717) is 24.5 Å². The smallest absolute Gasteiger partial charge is 0.317 e. The molecule has 0 spiro atoms. The van der Waals surface area contributed by atoms with E-state index in [0.717, 1.165) is 24.2 Å². The van der Waals surface area contributed by atoms with Crippen molar-refractivity contribution in [1.29, 1.82) is 0 Å². The van der Waals surface area contributed by atoms with Gasteiger partial charge in [-0.15, -0.1) is 0 Å². The molecule has 1 N–H and O–H groups in total. The second-order valence-electron chi connectivity index (χ2n) is 6.19. The molecule has 2 heterocycles. The third-order valence-corrected chi connectivity index (χ3v) is 4.77. The molecule has 1 aliphatic heterocycles. The minimum absolute atomic E-state index is 0.0877. The Morgan fingerprint density at radius 3 is 2.68 bits per heavy atom. The van der Waals surface area contributed by atoms with Gasteiger partial charge >= 0.3 is 5.91 Å². The minimum Gasteiger partial charge on any atom is -0.618 e. The SMILES string of the molecule is COc1ccccc1C1(CNC(=O)c2cccc[n+]2[O-])CCOCC1. The number of nitrogens with zero attached hydrogens (tertiary/aromatic N) is 1. The van der Waals surface area contributed by atoms with Gasteiger partial charge in [0.1, 0.15) is 5.75 Å². The summed E-state index contributed by atoms with van der Waals surface area (Å²) in [4.78, 5) is 12.4. The Hall–Kier alpha value is -2.60. The lowest BCUT2D eigenvalue weighted by Crippen LogP contribution is -2.47. The highest BCUT2D eigenvalue weighted by Gasteiger charge is 2.37. The molecule has 0 saturated carbocycles. The Labute approximate surface area is 147 Å². The van der Waals surface area contributed by atoms with Gasteiger partial charge in [-0.1, -0.05) is 18.2 Å². The van der Waals surface area contributed by atoms with Crippen molar-refractivity contribution in [3.05, 3.63) is 65.1 Å². The molecule has 0 aliphatic carbocycles. The maximum Gasteiger partial charge on any atom is 0.317 e. The first kappa shape index (κ1) is 17.2. The summed E-state index contributed by atoms with van der Waals surface area (Å²) in [5.41, 5.74) is 0.872. The molecule has 2 aromatic rings. The first-order valence-electron chi connectivity index (χ1n) is 8.34. The van der Waals surface area contributed by atoms with E-state index in [9.17, 15) is 10.0 Å². The maximum atomic E-state index is 12.4. The molecule has 1 aromatic carbocycles. The Morgan fingerprint density at radius 2 is 1.96 bits per heavy atom. The van der Waals surface area contributed by atoms with Gasteiger partial charge in [-0.05, 0) is 25.0 Å². The molecule has 1 aromatic heterocycles. The highest BCUT2D eigenvalue weighted by molar-refractivity contribution is 5.90. The van der Waals surface area contributed by atoms with Crippen molar-refractivity contribution in [2.45, 2.75) is 18.3 Å². The van der Waals surface area contributed by atoms with Crippen LogP contribution in [0.25, 0.3) is 0 Å². The van der Waals surface area contributed by atoms with E-state index in [-0.39, 0.29) is 17.0 Å². The number of methoxy groups -OCH3 is 1. The van der Waals surface area contributed by atoms with Crippen LogP contribution in [0.3, 0.4) is 0 Å². The van der Waals surface area contributed by atoms with Crippen molar-refractivity contribution < 1.29 is 19.0 Å². The van der Waals surface area contributed by atoms with E-state index in [4.69, 9.17) is 9.47 Å². The zero-order valence-corrected chi connectivity index (χ0v) is 14.2. The van der Waals surface area contributed by atoms with Crippen LogP contribution in [0.15, 0.2) is 48.7 Å². The van der Waals surface area contributed by atoms with Crippen molar-refractivity contribution in [2.24, 2.45) is 0 Å². The molecule has 6 nitrogen and oxygen atoms in total. The van der Waals surface area contributed by atoms with E-state index in [1.807, 2.05) is 24.3 Å². The van der Waals surface area contributed by atoms with Crippen molar-refractivity contribution in [3.63, 3.8) is 0 Å². The van der Waals surface area contributed by atoms with Gasteiger partial charge in [-0.3, -0.25) is 4.79 Å². The number of para-hydroxylation sites is 1. The van der Waals surface area contributed by atoms with Gasteiger partial charge in [0.2, 0.25) is 0 Å². The molecule has 1 aliphatic rings. The van der Waals surface area contributed by atoms with E-state index in [1.165, 1.54) is 12.3 Å². The number of hydrogen-bond donors (Lipinski definition) is 1. The van der Waals surface area contributed by atoms with Crippen molar-refractivity contribution >= 4 is 5.91 Å². The average molecular weight is 342 g/mol. The summed E-state index contributed by atoms with van der Waals surface area (Å²) in [5.74, 6) is 0.425. The topological polar surface area (TPSA) is 74.5 Å². The van der Waals surface area contributed by atoms with Crippen LogP contribution in [0.5, 0.6) is 5.75 Å². The number of rotatable bonds is 5. The minimum atomic E-state index is -0.378. The zero-order valence-electron chi connectivity index (χ0n) is 14.2. The number of nitrogens with one attached hydrogen (secondary N) is 1. The summed E-state index contributed by atoms with van der Waals surface area (Å²) in [6.07, 6.45) is 2.87. The molecule has 6 heteroatoms. The van der Waals surface area contributed by atoms with Gasteiger partial charge in [0.05, 0.1) is 7.11 Å². The predicted octanol–water partition coefficient (Wildman–Crippen LogP) is 1.81. The summed E-state index contributed by atoms with van der Waals surface area (Å²) in [7, 11) is 1.65. The van der Waals surface area contributed by atoms with E-state index >= 15 is 0 Å². The largest absolute Gasteiger partial charge is 0.618 e. The lowest BCUT2D eigenvalue weighted by Gasteiger charge is -2.38. The lowest BCUT2D eigenvalue weighted by atomic mass is 9.73. The summed E-state index contributed by atoms with van der Waals surface area (Å²) in [6, 6.07) is 12.6. The summed E-state index contributed by atoms with van der Waals surface area (Å²) >= 11 is 0. The number of aromatic nitrogens is 1. The molecule has 1 fully saturated rings. The standard InChI is InChI=1S/C19H22N2O4/c1-24-17-8-3-2-6-15(17)19(9-12-25-13-10-19)14-20-18(22)16-7-4-5-11-21(16)23/h2-8,11H,9-10,12-14H2,1H3,(H,20,22). The lowest BCUT2D eigenvalue weighted by molar-refractivity contribution is -0.607. The van der Waals surface area contributed by atoms with Gasteiger partial charge in [-0.25, -0.2) is 0 Å². The maximum absolute atomic E-state index is 12.4. The first-order chi connectivity index (χ1) is 12.2. The molecular weight excluding hydrogens is 320 g/mol. The number of hydrogen-bond acceptors (Lipinski definition) is 4. The van der Waals surface area contributed by atoms with Gasteiger partial charge < -0.3 is 20.0 Å². The van der Waals surface area contributed by atoms with Crippen molar-refractivity contribution in [3.8, 4) is 5.75 Å². The number of amides is 1. The number of carbonyl (C=O) groups is 1. The first-order valence-corrected chi connectivity index (χ1v) is 8.34. The molecule has 25 heavy (non-hydrogen) atoms. The molecule has 1 amide bonds. The van der Waals surface area contributed by atoms with Crippen LogP contribution in [0.2, 0.25) is 0 Å². The van der Waals surface area contributed by atoms with Gasteiger partial charge in [0.25, 0.3) is 5.69 Å². The second kappa shape index (κ2) is 7.53. The number of carbonyl (C=O) groups excluding carboxylic acids is 1. The normalized spacial score (nSPS) is 16.2. The summed E-state index contributed by atoms with van der Waals surface area (Å²) in [5, 5.41) is 14.7. The number of pyridine rings is 1. The molecule has 0 radical (unpaired) electrons. The van der Waals surface area contributed by atoms with Crippen LogP contribution < -0.4 is 14.8 Å². The molecule has 0 unspecified atom stereocenters. The zero-order chi connectivity index (χ0) is 17.7. The van der Waals surface area contributed by atoms with Crippen LogP contribution >= 0.6 is 0 Å². The molecular formula is C19H22N2O4. The third kappa shape index (κ3) is 3.58. The highest BCUT2D eigenvalue weighted by atomic mass is 16.5. The fourth-order valence-corrected chi connectivity index (χ4v) is 3.33. The molecule has 3 rings (SSSR count). The Kier molecular flexibility index (Phi) is 5.19. The third-order valence-electron chi connectivity index (χ3n) is 4.77. The quantitative estimate of drug-likeness (QED) is 0.664. The Balaban J connectivity index is 1.84. The molecule has 0 bridgehead atoms. The number of ether oxygens (including phenoxy) is 2. The molecule has 132 valence electrons. The van der Waals surface area contributed by atoms with Crippen LogP contribution in [0.4, 0.5) is 0 Å². The van der Waals surface area contributed by atoms with Crippen LogP contribution in [-0.4, -0.2) is 32.8 Å². The second-order valence-corrected chi connectivity index (χ2v) is 6.19. The average Bonchev–Trinajstić information content (AvgIpc) is 2.67. The van der Waals surface area contributed by atoms with Gasteiger partial charge in [-0.2, -0.15) is 4.73 Å². The Morgan fingerprint density at radius 1 is 1.24 bits per heavy atom. The van der Waals surface area contributed by atoms with Crippen LogP contribution in [-0.2, 0) is 10.2 Å².